The number of imidazole rings is 1. The van der Waals surface area contributed by atoms with Crippen LogP contribution in [0.3, 0.4) is 0 Å². The van der Waals surface area contributed by atoms with E-state index < -0.39 is 0 Å². The maximum Gasteiger partial charge on any atom is 0.148 e. The van der Waals surface area contributed by atoms with E-state index in [1.807, 2.05) is 17.8 Å². The molecule has 4 heteroatoms. The first-order valence-electron chi connectivity index (χ1n) is 6.26. The summed E-state index contributed by atoms with van der Waals surface area (Å²) in [6, 6.07) is 0. The average Bonchev–Trinajstić information content (AvgIpc) is 2.89. The van der Waals surface area contributed by atoms with Crippen LogP contribution in [0.1, 0.15) is 26.1 Å². The van der Waals surface area contributed by atoms with Gasteiger partial charge in [-0.2, -0.15) is 0 Å². The summed E-state index contributed by atoms with van der Waals surface area (Å²) in [5, 5.41) is 3.32. The van der Waals surface area contributed by atoms with Gasteiger partial charge in [-0.05, 0) is 18.9 Å². The SMILES string of the molecule is CC(C)C1(C(=O)Cc2nccn2C)CCNC1. The molecular formula is C13H21N3O. The Balaban J connectivity index is 2.16. The highest BCUT2D eigenvalue weighted by atomic mass is 16.1. The topological polar surface area (TPSA) is 46.9 Å². The van der Waals surface area contributed by atoms with E-state index in [2.05, 4.69) is 24.1 Å². The number of rotatable bonds is 4. The van der Waals surface area contributed by atoms with Gasteiger partial charge in [0.15, 0.2) is 0 Å². The molecule has 17 heavy (non-hydrogen) atoms. The Morgan fingerprint density at radius 3 is 2.88 bits per heavy atom. The minimum absolute atomic E-state index is 0.189. The van der Waals surface area contributed by atoms with Crippen LogP contribution in [0.25, 0.3) is 0 Å². The minimum Gasteiger partial charge on any atom is -0.338 e. The van der Waals surface area contributed by atoms with Gasteiger partial charge < -0.3 is 9.88 Å². The molecule has 1 N–H and O–H groups in total. The van der Waals surface area contributed by atoms with E-state index in [0.29, 0.717) is 18.1 Å². The summed E-state index contributed by atoms with van der Waals surface area (Å²) in [4.78, 5) is 16.8. The summed E-state index contributed by atoms with van der Waals surface area (Å²) in [5.41, 5.74) is -0.189. The van der Waals surface area contributed by atoms with Crippen LogP contribution in [-0.2, 0) is 18.3 Å². The number of carbonyl (C=O) groups is 1. The van der Waals surface area contributed by atoms with Gasteiger partial charge in [-0.3, -0.25) is 4.79 Å². The van der Waals surface area contributed by atoms with Crippen LogP contribution >= 0.6 is 0 Å². The second-order valence-corrected chi connectivity index (χ2v) is 5.29. The summed E-state index contributed by atoms with van der Waals surface area (Å²) in [6.07, 6.45) is 5.03. The van der Waals surface area contributed by atoms with Crippen molar-refractivity contribution in [1.82, 2.24) is 14.9 Å². The lowest BCUT2D eigenvalue weighted by atomic mass is 9.72. The molecule has 1 aliphatic heterocycles. The third kappa shape index (κ3) is 2.14. The molecule has 4 nitrogen and oxygen atoms in total. The Hall–Kier alpha value is -1.16. The van der Waals surface area contributed by atoms with Crippen LogP contribution in [-0.4, -0.2) is 28.4 Å². The Kier molecular flexibility index (Phi) is 3.33. The van der Waals surface area contributed by atoms with Crippen molar-refractivity contribution in [3.05, 3.63) is 18.2 Å². The molecule has 2 rings (SSSR count). The molecule has 0 saturated carbocycles. The van der Waals surface area contributed by atoms with Crippen LogP contribution in [0.2, 0.25) is 0 Å². The number of nitrogens with one attached hydrogen (secondary N) is 1. The first-order valence-corrected chi connectivity index (χ1v) is 6.26. The minimum atomic E-state index is -0.189. The van der Waals surface area contributed by atoms with E-state index in [1.165, 1.54) is 0 Å². The van der Waals surface area contributed by atoms with Crippen LogP contribution in [0, 0.1) is 11.3 Å². The molecule has 0 radical (unpaired) electrons. The summed E-state index contributed by atoms with van der Waals surface area (Å²) < 4.78 is 1.92. The Morgan fingerprint density at radius 1 is 1.65 bits per heavy atom. The van der Waals surface area contributed by atoms with Crippen molar-refractivity contribution in [3.8, 4) is 0 Å². The Morgan fingerprint density at radius 2 is 2.41 bits per heavy atom. The summed E-state index contributed by atoms with van der Waals surface area (Å²) in [7, 11) is 1.94. The zero-order valence-corrected chi connectivity index (χ0v) is 10.9. The molecular weight excluding hydrogens is 214 g/mol. The predicted octanol–water partition coefficient (Wildman–Crippen LogP) is 1.17. The maximum absolute atomic E-state index is 12.5. The molecule has 1 atom stereocenters. The van der Waals surface area contributed by atoms with Gasteiger partial charge in [0.05, 0.1) is 6.42 Å². The van der Waals surface area contributed by atoms with E-state index in [-0.39, 0.29) is 5.41 Å². The van der Waals surface area contributed by atoms with Gasteiger partial charge in [-0.1, -0.05) is 13.8 Å². The molecule has 1 saturated heterocycles. The molecule has 0 spiro atoms. The number of ketones is 1. The molecule has 1 fully saturated rings. The lowest BCUT2D eigenvalue weighted by Crippen LogP contribution is -2.39. The highest BCUT2D eigenvalue weighted by molar-refractivity contribution is 5.87. The normalized spacial score (nSPS) is 24.5. The summed E-state index contributed by atoms with van der Waals surface area (Å²) in [6.45, 7) is 6.05. The first kappa shape index (κ1) is 12.3. The van der Waals surface area contributed by atoms with E-state index in [1.54, 1.807) is 6.20 Å². The zero-order chi connectivity index (χ0) is 12.5. The lowest BCUT2D eigenvalue weighted by molar-refractivity contribution is -0.129. The highest BCUT2D eigenvalue weighted by Gasteiger charge is 2.43. The van der Waals surface area contributed by atoms with Crippen molar-refractivity contribution < 1.29 is 4.79 Å². The number of aryl methyl sites for hydroxylation is 1. The average molecular weight is 235 g/mol. The van der Waals surface area contributed by atoms with Crippen LogP contribution in [0.4, 0.5) is 0 Å². The fraction of sp³-hybridized carbons (Fsp3) is 0.692. The molecule has 0 aromatic carbocycles. The smallest absolute Gasteiger partial charge is 0.148 e. The van der Waals surface area contributed by atoms with Crippen molar-refractivity contribution in [2.24, 2.45) is 18.4 Å². The monoisotopic (exact) mass is 235 g/mol. The molecule has 0 aliphatic carbocycles. The third-order valence-corrected chi connectivity index (χ3v) is 4.09. The summed E-state index contributed by atoms with van der Waals surface area (Å²) in [5.74, 6) is 1.57. The number of nitrogens with zero attached hydrogens (tertiary/aromatic N) is 2. The lowest BCUT2D eigenvalue weighted by Gasteiger charge is -2.30. The zero-order valence-electron chi connectivity index (χ0n) is 10.9. The van der Waals surface area contributed by atoms with Gasteiger partial charge in [0.1, 0.15) is 11.6 Å². The van der Waals surface area contributed by atoms with Crippen molar-refractivity contribution in [1.29, 1.82) is 0 Å². The van der Waals surface area contributed by atoms with Crippen molar-refractivity contribution in [3.63, 3.8) is 0 Å². The number of hydrogen-bond donors (Lipinski definition) is 1. The molecule has 2 heterocycles. The quantitative estimate of drug-likeness (QED) is 0.852. The number of Topliss-reactive ketones (excluding diaryl/α,β-unsaturated/α-hetero) is 1. The largest absolute Gasteiger partial charge is 0.338 e. The Labute approximate surface area is 102 Å². The molecule has 1 unspecified atom stereocenters. The van der Waals surface area contributed by atoms with Crippen molar-refractivity contribution >= 4 is 5.78 Å². The van der Waals surface area contributed by atoms with Crippen molar-refractivity contribution in [2.75, 3.05) is 13.1 Å². The van der Waals surface area contributed by atoms with E-state index in [4.69, 9.17) is 0 Å². The summed E-state index contributed by atoms with van der Waals surface area (Å²) >= 11 is 0. The van der Waals surface area contributed by atoms with Gasteiger partial charge in [-0.25, -0.2) is 4.98 Å². The molecule has 1 aromatic rings. The van der Waals surface area contributed by atoms with Crippen LogP contribution < -0.4 is 5.32 Å². The first-order chi connectivity index (χ1) is 8.06. The second-order valence-electron chi connectivity index (χ2n) is 5.29. The standard InChI is InChI=1S/C13H21N3O/c1-10(2)13(4-5-14-9-13)11(17)8-12-15-6-7-16(12)3/h6-7,10,14H,4-5,8-9H2,1-3H3. The van der Waals surface area contributed by atoms with Gasteiger partial charge in [0.25, 0.3) is 0 Å². The number of carbonyl (C=O) groups excluding carboxylic acids is 1. The fourth-order valence-electron chi connectivity index (χ4n) is 2.65. The molecule has 0 amide bonds. The molecule has 94 valence electrons. The van der Waals surface area contributed by atoms with Crippen LogP contribution in [0.15, 0.2) is 12.4 Å². The number of aromatic nitrogens is 2. The highest BCUT2D eigenvalue weighted by Crippen LogP contribution is 2.35. The maximum atomic E-state index is 12.5. The Bertz CT molecular complexity index is 403. The molecule has 1 aliphatic rings. The fourth-order valence-corrected chi connectivity index (χ4v) is 2.65. The van der Waals surface area contributed by atoms with Gasteiger partial charge >= 0.3 is 0 Å². The molecule has 1 aromatic heterocycles. The van der Waals surface area contributed by atoms with E-state index in [9.17, 15) is 4.79 Å². The van der Waals surface area contributed by atoms with Gasteiger partial charge in [0.2, 0.25) is 0 Å². The molecule has 0 bridgehead atoms. The van der Waals surface area contributed by atoms with Gasteiger partial charge in [-0.15, -0.1) is 0 Å². The predicted molar refractivity (Wildman–Crippen MR) is 66.7 cm³/mol. The third-order valence-electron chi connectivity index (χ3n) is 4.09. The van der Waals surface area contributed by atoms with Crippen molar-refractivity contribution in [2.45, 2.75) is 26.7 Å². The van der Waals surface area contributed by atoms with E-state index >= 15 is 0 Å². The second kappa shape index (κ2) is 4.61. The van der Waals surface area contributed by atoms with E-state index in [0.717, 1.165) is 25.3 Å². The van der Waals surface area contributed by atoms with Gasteiger partial charge in [0, 0.05) is 31.4 Å². The number of hydrogen-bond acceptors (Lipinski definition) is 3. The van der Waals surface area contributed by atoms with Crippen LogP contribution in [0.5, 0.6) is 0 Å².